The normalized spacial score (nSPS) is 11.1. The minimum absolute atomic E-state index is 0.188. The number of anilines is 1. The molecule has 0 aliphatic heterocycles. The van der Waals surface area contributed by atoms with Gasteiger partial charge in [0.25, 0.3) is 0 Å². The number of nitrogen functional groups attached to an aromatic ring is 1. The highest BCUT2D eigenvalue weighted by molar-refractivity contribution is 6.31. The zero-order valence-electron chi connectivity index (χ0n) is 8.03. The predicted octanol–water partition coefficient (Wildman–Crippen LogP) is 1.58. The maximum Gasteiger partial charge on any atom is 0.239 e. The Morgan fingerprint density at radius 3 is 2.81 bits per heavy atom. The van der Waals surface area contributed by atoms with E-state index in [1.165, 1.54) is 0 Å². The summed E-state index contributed by atoms with van der Waals surface area (Å²) < 4.78 is 0. The molecule has 3 rings (SSSR count). The third kappa shape index (κ3) is 1.40. The molecule has 16 heavy (non-hydrogen) atoms. The second-order valence-electron chi connectivity index (χ2n) is 3.29. The quantitative estimate of drug-likeness (QED) is 0.596. The summed E-state index contributed by atoms with van der Waals surface area (Å²) in [5.74, 6) is 1.28. The fourth-order valence-corrected chi connectivity index (χ4v) is 1.65. The number of nitrogens with one attached hydrogen (secondary N) is 2. The zero-order valence-corrected chi connectivity index (χ0v) is 8.78. The van der Waals surface area contributed by atoms with Crippen molar-refractivity contribution in [3.8, 4) is 11.6 Å². The highest BCUT2D eigenvalue weighted by Crippen LogP contribution is 2.20. The van der Waals surface area contributed by atoms with Gasteiger partial charge in [-0.3, -0.25) is 5.10 Å². The van der Waals surface area contributed by atoms with Crippen LogP contribution in [0.3, 0.4) is 0 Å². The van der Waals surface area contributed by atoms with Gasteiger partial charge in [-0.1, -0.05) is 11.6 Å². The number of hydrogen-bond donors (Lipinski definition) is 3. The average molecular weight is 235 g/mol. The minimum Gasteiger partial charge on any atom is -0.366 e. The van der Waals surface area contributed by atoms with Crippen molar-refractivity contribution in [3.63, 3.8) is 0 Å². The highest BCUT2D eigenvalue weighted by atomic mass is 35.5. The number of imidazole rings is 1. The number of benzene rings is 1. The topological polar surface area (TPSA) is 96.3 Å². The van der Waals surface area contributed by atoms with E-state index >= 15 is 0 Å². The summed E-state index contributed by atoms with van der Waals surface area (Å²) in [5, 5.41) is 7.07. The molecule has 1 aromatic carbocycles. The number of nitrogens with zero attached hydrogens (tertiary/aromatic N) is 3. The van der Waals surface area contributed by atoms with E-state index in [2.05, 4.69) is 25.1 Å². The summed E-state index contributed by atoms with van der Waals surface area (Å²) >= 11 is 5.87. The first kappa shape index (κ1) is 9.17. The van der Waals surface area contributed by atoms with E-state index in [0.29, 0.717) is 16.7 Å². The molecule has 0 unspecified atom stereocenters. The molecule has 6 nitrogen and oxygen atoms in total. The molecule has 0 amide bonds. The van der Waals surface area contributed by atoms with Crippen molar-refractivity contribution in [1.29, 1.82) is 0 Å². The predicted molar refractivity (Wildman–Crippen MR) is 60.9 cm³/mol. The van der Waals surface area contributed by atoms with Crippen LogP contribution in [0.15, 0.2) is 18.2 Å². The smallest absolute Gasteiger partial charge is 0.239 e. The lowest BCUT2D eigenvalue weighted by atomic mass is 10.3. The van der Waals surface area contributed by atoms with Gasteiger partial charge in [0, 0.05) is 5.02 Å². The zero-order chi connectivity index (χ0) is 11.1. The van der Waals surface area contributed by atoms with E-state index < -0.39 is 0 Å². The molecule has 0 aliphatic rings. The molecule has 0 spiro atoms. The Hall–Kier alpha value is -2.08. The number of aromatic amines is 2. The molecule has 0 radical (unpaired) electrons. The standard InChI is InChI=1S/C9H7ClN6/c10-4-1-2-5-6(3-4)13-7(12-5)8-14-9(11)16-15-8/h1-3H,(H,12,13)(H3,11,14,15,16). The third-order valence-electron chi connectivity index (χ3n) is 2.17. The summed E-state index contributed by atoms with van der Waals surface area (Å²) in [6.07, 6.45) is 0. The van der Waals surface area contributed by atoms with Gasteiger partial charge in [0.15, 0.2) is 11.6 Å². The van der Waals surface area contributed by atoms with E-state index in [4.69, 9.17) is 17.3 Å². The number of halogens is 1. The van der Waals surface area contributed by atoms with Crippen molar-refractivity contribution >= 4 is 28.6 Å². The van der Waals surface area contributed by atoms with Gasteiger partial charge < -0.3 is 10.7 Å². The molecular weight excluding hydrogens is 228 g/mol. The Kier molecular flexibility index (Phi) is 1.84. The van der Waals surface area contributed by atoms with Crippen LogP contribution in [0.1, 0.15) is 0 Å². The average Bonchev–Trinajstić information content (AvgIpc) is 2.83. The van der Waals surface area contributed by atoms with Gasteiger partial charge in [-0.05, 0) is 18.2 Å². The van der Waals surface area contributed by atoms with Gasteiger partial charge in [-0.25, -0.2) is 4.98 Å². The third-order valence-corrected chi connectivity index (χ3v) is 2.41. The van der Waals surface area contributed by atoms with Gasteiger partial charge in [0.1, 0.15) is 0 Å². The van der Waals surface area contributed by atoms with E-state index in [0.717, 1.165) is 11.0 Å². The molecule has 3 aromatic rings. The molecule has 2 aromatic heterocycles. The van der Waals surface area contributed by atoms with Crippen LogP contribution in [0.25, 0.3) is 22.7 Å². The van der Waals surface area contributed by atoms with Crippen LogP contribution in [-0.4, -0.2) is 25.1 Å². The first-order valence-corrected chi connectivity index (χ1v) is 4.94. The van der Waals surface area contributed by atoms with Crippen LogP contribution in [0.4, 0.5) is 5.95 Å². The van der Waals surface area contributed by atoms with Crippen LogP contribution in [0.5, 0.6) is 0 Å². The number of rotatable bonds is 1. The van der Waals surface area contributed by atoms with Crippen LogP contribution in [0.2, 0.25) is 5.02 Å². The Labute approximate surface area is 94.9 Å². The number of H-pyrrole nitrogens is 2. The highest BCUT2D eigenvalue weighted by Gasteiger charge is 2.09. The van der Waals surface area contributed by atoms with Crippen molar-refractivity contribution in [3.05, 3.63) is 23.2 Å². The molecule has 80 valence electrons. The molecule has 0 bridgehead atoms. The summed E-state index contributed by atoms with van der Waals surface area (Å²) in [5.41, 5.74) is 7.08. The number of nitrogens with two attached hydrogens (primary N) is 1. The molecule has 0 saturated heterocycles. The summed E-state index contributed by atoms with van der Waals surface area (Å²) in [6, 6.07) is 5.41. The van der Waals surface area contributed by atoms with Crippen molar-refractivity contribution in [2.75, 3.05) is 5.73 Å². The Bertz CT molecular complexity index is 655. The van der Waals surface area contributed by atoms with Crippen molar-refractivity contribution < 1.29 is 0 Å². The monoisotopic (exact) mass is 234 g/mol. The van der Waals surface area contributed by atoms with E-state index in [1.807, 2.05) is 6.07 Å². The number of aromatic nitrogens is 5. The lowest BCUT2D eigenvalue weighted by molar-refractivity contribution is 1.09. The molecule has 7 heteroatoms. The number of fused-ring (bicyclic) bond motifs is 1. The van der Waals surface area contributed by atoms with E-state index in [9.17, 15) is 0 Å². The molecule has 0 atom stereocenters. The summed E-state index contributed by atoms with van der Waals surface area (Å²) in [6.45, 7) is 0. The molecule has 0 saturated carbocycles. The minimum atomic E-state index is 0.188. The first-order valence-electron chi connectivity index (χ1n) is 4.56. The fourth-order valence-electron chi connectivity index (χ4n) is 1.47. The van der Waals surface area contributed by atoms with Crippen LogP contribution in [0, 0.1) is 0 Å². The second kappa shape index (κ2) is 3.21. The number of hydrogen-bond acceptors (Lipinski definition) is 4. The maximum absolute atomic E-state index is 5.87. The van der Waals surface area contributed by atoms with Gasteiger partial charge in [-0.2, -0.15) is 4.98 Å². The SMILES string of the molecule is Nc1n[nH]c(-c2nc3ccc(Cl)cc3[nH]2)n1. The Morgan fingerprint density at radius 1 is 1.19 bits per heavy atom. The lowest BCUT2D eigenvalue weighted by Crippen LogP contribution is -1.86. The van der Waals surface area contributed by atoms with Crippen molar-refractivity contribution in [2.45, 2.75) is 0 Å². The Morgan fingerprint density at radius 2 is 2.06 bits per heavy atom. The molecule has 0 fully saturated rings. The first-order chi connectivity index (χ1) is 7.72. The van der Waals surface area contributed by atoms with E-state index in [-0.39, 0.29) is 5.95 Å². The fraction of sp³-hybridized carbons (Fsp3) is 0. The summed E-state index contributed by atoms with van der Waals surface area (Å²) in [4.78, 5) is 11.4. The molecular formula is C9H7ClN6. The second-order valence-corrected chi connectivity index (χ2v) is 3.73. The molecule has 4 N–H and O–H groups in total. The van der Waals surface area contributed by atoms with Gasteiger partial charge in [0.05, 0.1) is 11.0 Å². The van der Waals surface area contributed by atoms with Crippen molar-refractivity contribution in [2.24, 2.45) is 0 Å². The molecule has 0 aliphatic carbocycles. The summed E-state index contributed by atoms with van der Waals surface area (Å²) in [7, 11) is 0. The van der Waals surface area contributed by atoms with Crippen LogP contribution in [-0.2, 0) is 0 Å². The van der Waals surface area contributed by atoms with Crippen LogP contribution >= 0.6 is 11.6 Å². The largest absolute Gasteiger partial charge is 0.366 e. The van der Waals surface area contributed by atoms with Gasteiger partial charge >= 0.3 is 0 Å². The van der Waals surface area contributed by atoms with Crippen LogP contribution < -0.4 is 5.73 Å². The van der Waals surface area contributed by atoms with Crippen molar-refractivity contribution in [1.82, 2.24) is 25.1 Å². The Balaban J connectivity index is 2.18. The molecule has 2 heterocycles. The maximum atomic E-state index is 5.87. The lowest BCUT2D eigenvalue weighted by Gasteiger charge is -1.87. The van der Waals surface area contributed by atoms with Gasteiger partial charge in [0.2, 0.25) is 5.95 Å². The van der Waals surface area contributed by atoms with E-state index in [1.54, 1.807) is 12.1 Å². The van der Waals surface area contributed by atoms with Gasteiger partial charge in [-0.15, -0.1) is 5.10 Å².